The number of aromatic hydroxyl groups is 1. The molecule has 0 radical (unpaired) electrons. The Balaban J connectivity index is 2.63. The van der Waals surface area contributed by atoms with Crippen molar-refractivity contribution in [3.8, 4) is 16.9 Å². The first kappa shape index (κ1) is 14.6. The number of hydrogen-bond acceptors (Lipinski definition) is 1. The van der Waals surface area contributed by atoms with Crippen LogP contribution in [0.3, 0.4) is 0 Å². The molecule has 0 atom stereocenters. The molecule has 2 rings (SSSR count). The van der Waals surface area contributed by atoms with Crippen LogP contribution in [0.15, 0.2) is 30.3 Å². The van der Waals surface area contributed by atoms with Gasteiger partial charge >= 0.3 is 6.18 Å². The summed E-state index contributed by atoms with van der Waals surface area (Å²) in [5.41, 5.74) is -1.73. The molecular formula is C13H6ClF5O. The second-order valence-electron chi connectivity index (χ2n) is 3.98. The third-order valence-electron chi connectivity index (χ3n) is 2.62. The zero-order valence-corrected chi connectivity index (χ0v) is 10.4. The maximum absolute atomic E-state index is 13.2. The van der Waals surface area contributed by atoms with E-state index in [4.69, 9.17) is 11.6 Å². The van der Waals surface area contributed by atoms with Gasteiger partial charge in [0, 0.05) is 11.6 Å². The lowest BCUT2D eigenvalue weighted by Gasteiger charge is -2.11. The van der Waals surface area contributed by atoms with Gasteiger partial charge in [-0.3, -0.25) is 0 Å². The highest BCUT2D eigenvalue weighted by atomic mass is 35.5. The minimum atomic E-state index is -4.88. The summed E-state index contributed by atoms with van der Waals surface area (Å²) in [5.74, 6) is -2.94. The molecule has 0 spiro atoms. The molecule has 0 aliphatic rings. The van der Waals surface area contributed by atoms with Crippen LogP contribution in [0.4, 0.5) is 22.0 Å². The summed E-state index contributed by atoms with van der Waals surface area (Å²) in [6.07, 6.45) is -4.88. The SMILES string of the molecule is Oc1cc(F)c(Cl)cc1-c1ccc(F)c(C(F)(F)F)c1. The van der Waals surface area contributed by atoms with E-state index in [1.807, 2.05) is 0 Å². The van der Waals surface area contributed by atoms with E-state index in [2.05, 4.69) is 0 Å². The second kappa shape index (κ2) is 4.94. The summed E-state index contributed by atoms with van der Waals surface area (Å²) in [7, 11) is 0. The molecule has 0 fully saturated rings. The van der Waals surface area contributed by atoms with Crippen LogP contribution >= 0.6 is 11.6 Å². The molecule has 0 bridgehead atoms. The standard InChI is InChI=1S/C13H6ClF5O/c14-9-4-7(12(20)5-11(9)16)6-1-2-10(15)8(3-6)13(17,18)19/h1-5,20H. The molecule has 20 heavy (non-hydrogen) atoms. The number of alkyl halides is 3. The number of hydrogen-bond donors (Lipinski definition) is 1. The maximum atomic E-state index is 13.2. The Morgan fingerprint density at radius 2 is 1.60 bits per heavy atom. The Kier molecular flexibility index (Phi) is 3.60. The third-order valence-corrected chi connectivity index (χ3v) is 2.91. The fraction of sp³-hybridized carbons (Fsp3) is 0.0769. The van der Waals surface area contributed by atoms with Crippen LogP contribution in [-0.2, 0) is 6.18 Å². The highest BCUT2D eigenvalue weighted by Gasteiger charge is 2.34. The lowest BCUT2D eigenvalue weighted by molar-refractivity contribution is -0.139. The number of phenols is 1. The number of rotatable bonds is 1. The van der Waals surface area contributed by atoms with Crippen molar-refractivity contribution < 1.29 is 27.1 Å². The highest BCUT2D eigenvalue weighted by molar-refractivity contribution is 6.31. The van der Waals surface area contributed by atoms with Gasteiger partial charge < -0.3 is 5.11 Å². The summed E-state index contributed by atoms with van der Waals surface area (Å²) in [4.78, 5) is 0. The predicted molar refractivity (Wildman–Crippen MR) is 63.5 cm³/mol. The Bertz CT molecular complexity index is 667. The molecule has 0 unspecified atom stereocenters. The number of halogens is 6. The molecule has 0 aromatic heterocycles. The van der Waals surface area contributed by atoms with Crippen molar-refractivity contribution in [1.82, 2.24) is 0 Å². The van der Waals surface area contributed by atoms with Gasteiger partial charge in [-0.05, 0) is 23.8 Å². The molecule has 1 nitrogen and oxygen atoms in total. The zero-order valence-electron chi connectivity index (χ0n) is 9.60. The topological polar surface area (TPSA) is 20.2 Å². The number of benzene rings is 2. The molecule has 7 heteroatoms. The van der Waals surface area contributed by atoms with E-state index < -0.39 is 29.1 Å². The first-order chi connectivity index (χ1) is 9.20. The van der Waals surface area contributed by atoms with Gasteiger partial charge in [0.05, 0.1) is 10.6 Å². The Hall–Kier alpha value is -1.82. The highest BCUT2D eigenvalue weighted by Crippen LogP contribution is 2.38. The first-order valence-electron chi connectivity index (χ1n) is 5.25. The van der Waals surface area contributed by atoms with E-state index >= 15 is 0 Å². The lowest BCUT2D eigenvalue weighted by Crippen LogP contribution is -2.08. The Labute approximate surface area is 115 Å². The van der Waals surface area contributed by atoms with Crippen molar-refractivity contribution in [2.75, 3.05) is 0 Å². The van der Waals surface area contributed by atoms with Gasteiger partial charge in [-0.1, -0.05) is 17.7 Å². The molecule has 0 aliphatic heterocycles. The van der Waals surface area contributed by atoms with Gasteiger partial charge in [0.2, 0.25) is 0 Å². The normalized spacial score (nSPS) is 11.7. The van der Waals surface area contributed by atoms with Gasteiger partial charge in [-0.25, -0.2) is 8.78 Å². The summed E-state index contributed by atoms with van der Waals surface area (Å²) in [6.45, 7) is 0. The monoisotopic (exact) mass is 308 g/mol. The minimum Gasteiger partial charge on any atom is -0.507 e. The van der Waals surface area contributed by atoms with E-state index in [1.54, 1.807) is 0 Å². The van der Waals surface area contributed by atoms with Gasteiger partial charge in [-0.2, -0.15) is 13.2 Å². The molecule has 2 aromatic carbocycles. The quantitative estimate of drug-likeness (QED) is 0.734. The van der Waals surface area contributed by atoms with Crippen LogP contribution in [0.5, 0.6) is 5.75 Å². The maximum Gasteiger partial charge on any atom is 0.419 e. The van der Waals surface area contributed by atoms with E-state index in [0.717, 1.165) is 12.1 Å². The summed E-state index contributed by atoms with van der Waals surface area (Å²) in [5, 5.41) is 9.19. The molecule has 106 valence electrons. The van der Waals surface area contributed by atoms with Crippen LogP contribution in [-0.4, -0.2) is 5.11 Å². The van der Waals surface area contributed by atoms with Crippen molar-refractivity contribution in [2.45, 2.75) is 6.18 Å². The van der Waals surface area contributed by atoms with Crippen LogP contribution in [0.2, 0.25) is 5.02 Å². The van der Waals surface area contributed by atoms with Gasteiger partial charge in [0.15, 0.2) is 0 Å². The molecule has 0 aliphatic carbocycles. The van der Waals surface area contributed by atoms with Crippen molar-refractivity contribution in [3.05, 3.63) is 52.6 Å². The summed E-state index contributed by atoms with van der Waals surface area (Å²) in [6, 6.07) is 3.83. The van der Waals surface area contributed by atoms with Crippen molar-refractivity contribution in [2.24, 2.45) is 0 Å². The van der Waals surface area contributed by atoms with Crippen LogP contribution in [0, 0.1) is 11.6 Å². The van der Waals surface area contributed by atoms with E-state index in [-0.39, 0.29) is 16.1 Å². The molecule has 0 saturated carbocycles. The fourth-order valence-corrected chi connectivity index (χ4v) is 1.84. The second-order valence-corrected chi connectivity index (χ2v) is 4.38. The van der Waals surface area contributed by atoms with Gasteiger partial charge in [0.1, 0.15) is 17.4 Å². The predicted octanol–water partition coefficient (Wildman–Crippen LogP) is 5.01. The van der Waals surface area contributed by atoms with Gasteiger partial charge in [0.25, 0.3) is 0 Å². The lowest BCUT2D eigenvalue weighted by atomic mass is 10.0. The van der Waals surface area contributed by atoms with E-state index in [0.29, 0.717) is 18.2 Å². The molecule has 0 amide bonds. The average molecular weight is 309 g/mol. The molecule has 0 heterocycles. The summed E-state index contributed by atoms with van der Waals surface area (Å²) < 4.78 is 64.0. The Morgan fingerprint density at radius 1 is 0.950 bits per heavy atom. The summed E-state index contributed by atoms with van der Waals surface area (Å²) >= 11 is 5.51. The van der Waals surface area contributed by atoms with Crippen LogP contribution < -0.4 is 0 Å². The van der Waals surface area contributed by atoms with E-state index in [9.17, 15) is 27.1 Å². The fourth-order valence-electron chi connectivity index (χ4n) is 1.68. The smallest absolute Gasteiger partial charge is 0.419 e. The molecule has 2 aromatic rings. The molecular weight excluding hydrogens is 303 g/mol. The first-order valence-corrected chi connectivity index (χ1v) is 5.63. The minimum absolute atomic E-state index is 0.123. The number of phenolic OH excluding ortho intramolecular Hbond substituents is 1. The van der Waals surface area contributed by atoms with Crippen LogP contribution in [0.25, 0.3) is 11.1 Å². The third kappa shape index (κ3) is 2.70. The van der Waals surface area contributed by atoms with E-state index in [1.165, 1.54) is 0 Å². The molecule has 1 N–H and O–H groups in total. The largest absolute Gasteiger partial charge is 0.507 e. The van der Waals surface area contributed by atoms with Crippen LogP contribution in [0.1, 0.15) is 5.56 Å². The van der Waals surface area contributed by atoms with Crippen molar-refractivity contribution in [1.29, 1.82) is 0 Å². The van der Waals surface area contributed by atoms with Crippen molar-refractivity contribution in [3.63, 3.8) is 0 Å². The zero-order chi connectivity index (χ0) is 15.1. The Morgan fingerprint density at radius 3 is 2.20 bits per heavy atom. The van der Waals surface area contributed by atoms with Gasteiger partial charge in [-0.15, -0.1) is 0 Å². The molecule has 0 saturated heterocycles. The van der Waals surface area contributed by atoms with Crippen molar-refractivity contribution >= 4 is 11.6 Å². The average Bonchev–Trinajstić information content (AvgIpc) is 2.33.